The van der Waals surface area contributed by atoms with Crippen LogP contribution in [-0.4, -0.2) is 20.9 Å². The quantitative estimate of drug-likeness (QED) is 0.634. The molecular formula is C21H24Cl2N2O3S. The summed E-state index contributed by atoms with van der Waals surface area (Å²) in [4.78, 5) is 12.6. The molecule has 156 valence electrons. The molecule has 2 N–H and O–H groups in total. The molecule has 8 heteroatoms. The number of amides is 1. The topological polar surface area (TPSA) is 75.3 Å². The first-order valence-corrected chi connectivity index (χ1v) is 11.8. The molecular weight excluding hydrogens is 431 g/mol. The van der Waals surface area contributed by atoms with E-state index < -0.39 is 10.0 Å². The highest BCUT2D eigenvalue weighted by atomic mass is 35.5. The molecule has 3 rings (SSSR count). The number of hydrogen-bond donors (Lipinski definition) is 2. The third kappa shape index (κ3) is 5.12. The third-order valence-electron chi connectivity index (χ3n) is 5.00. The fraction of sp³-hybridized carbons (Fsp3) is 0.381. The van der Waals surface area contributed by atoms with E-state index in [0.717, 1.165) is 18.4 Å². The number of carbonyl (C=O) groups excluding carboxylic acids is 1. The number of sulfonamides is 1. The molecule has 0 fully saturated rings. The molecule has 29 heavy (non-hydrogen) atoms. The van der Waals surface area contributed by atoms with Crippen molar-refractivity contribution in [1.29, 1.82) is 0 Å². The van der Waals surface area contributed by atoms with Crippen molar-refractivity contribution in [3.8, 4) is 0 Å². The van der Waals surface area contributed by atoms with Crippen LogP contribution in [0.5, 0.6) is 0 Å². The lowest BCUT2D eigenvalue weighted by atomic mass is 10.1. The van der Waals surface area contributed by atoms with Gasteiger partial charge in [0.05, 0.1) is 16.1 Å². The SMILES string of the molecule is CC(C)CCNS(=O)(=O)c1cc(C(=O)NC2CCc3ccccc32)cc(Cl)c1Cl. The summed E-state index contributed by atoms with van der Waals surface area (Å²) in [5, 5.41) is 2.91. The fourth-order valence-electron chi connectivity index (χ4n) is 3.40. The molecule has 1 aliphatic carbocycles. The molecule has 2 aromatic carbocycles. The molecule has 1 unspecified atom stereocenters. The first-order valence-electron chi connectivity index (χ1n) is 9.56. The van der Waals surface area contributed by atoms with Crippen LogP contribution in [0.25, 0.3) is 0 Å². The Bertz CT molecular complexity index is 1020. The van der Waals surface area contributed by atoms with Gasteiger partial charge in [0.25, 0.3) is 5.91 Å². The second-order valence-corrected chi connectivity index (χ2v) is 10.1. The summed E-state index contributed by atoms with van der Waals surface area (Å²) in [7, 11) is -3.89. The Morgan fingerprint density at radius 2 is 1.93 bits per heavy atom. The summed E-state index contributed by atoms with van der Waals surface area (Å²) in [6.45, 7) is 4.29. The summed E-state index contributed by atoms with van der Waals surface area (Å²) >= 11 is 12.3. The van der Waals surface area contributed by atoms with Crippen LogP contribution < -0.4 is 10.0 Å². The minimum Gasteiger partial charge on any atom is -0.345 e. The minimum atomic E-state index is -3.89. The van der Waals surface area contributed by atoms with Gasteiger partial charge in [-0.15, -0.1) is 0 Å². The number of halogens is 2. The van der Waals surface area contributed by atoms with Crippen molar-refractivity contribution in [3.05, 3.63) is 63.1 Å². The fourth-order valence-corrected chi connectivity index (χ4v) is 5.26. The smallest absolute Gasteiger partial charge is 0.251 e. The standard InChI is InChI=1S/C21H24Cl2N2O3S/c1-13(2)9-10-24-29(27,28)19-12-15(11-17(22)20(19)23)21(26)25-18-8-7-14-5-3-4-6-16(14)18/h3-6,11-13,18,24H,7-10H2,1-2H3,(H,25,26). The molecule has 0 bridgehead atoms. The normalized spacial score (nSPS) is 16.1. The molecule has 0 radical (unpaired) electrons. The zero-order chi connectivity index (χ0) is 21.2. The van der Waals surface area contributed by atoms with Crippen molar-refractivity contribution in [2.75, 3.05) is 6.54 Å². The predicted molar refractivity (Wildman–Crippen MR) is 116 cm³/mol. The van der Waals surface area contributed by atoms with E-state index >= 15 is 0 Å². The number of hydrogen-bond acceptors (Lipinski definition) is 3. The van der Waals surface area contributed by atoms with Crippen molar-refractivity contribution in [3.63, 3.8) is 0 Å². The maximum atomic E-state index is 12.8. The van der Waals surface area contributed by atoms with Crippen LogP contribution in [0.15, 0.2) is 41.3 Å². The average Bonchev–Trinajstić information content (AvgIpc) is 3.06. The molecule has 0 aromatic heterocycles. The summed E-state index contributed by atoms with van der Waals surface area (Å²) in [5.41, 5.74) is 2.46. The zero-order valence-corrected chi connectivity index (χ0v) is 18.7. The molecule has 2 aromatic rings. The van der Waals surface area contributed by atoms with Gasteiger partial charge in [0.2, 0.25) is 10.0 Å². The van der Waals surface area contributed by atoms with Crippen LogP contribution in [-0.2, 0) is 16.4 Å². The molecule has 0 saturated heterocycles. The van der Waals surface area contributed by atoms with Crippen LogP contribution in [0.4, 0.5) is 0 Å². The largest absolute Gasteiger partial charge is 0.345 e. The lowest BCUT2D eigenvalue weighted by molar-refractivity contribution is 0.0936. The van der Waals surface area contributed by atoms with Crippen molar-refractivity contribution in [1.82, 2.24) is 10.0 Å². The molecule has 1 atom stereocenters. The minimum absolute atomic E-state index is 0.0235. The van der Waals surface area contributed by atoms with Gasteiger partial charge in [-0.1, -0.05) is 61.3 Å². The van der Waals surface area contributed by atoms with Crippen molar-refractivity contribution in [2.45, 2.75) is 44.0 Å². The molecule has 0 spiro atoms. The molecule has 1 amide bonds. The van der Waals surface area contributed by atoms with E-state index in [2.05, 4.69) is 10.0 Å². The van der Waals surface area contributed by atoms with E-state index in [1.165, 1.54) is 17.7 Å². The average molecular weight is 455 g/mol. The first-order chi connectivity index (χ1) is 13.7. The lowest BCUT2D eigenvalue weighted by Crippen LogP contribution is -2.29. The van der Waals surface area contributed by atoms with E-state index in [0.29, 0.717) is 12.3 Å². The van der Waals surface area contributed by atoms with Crippen LogP contribution >= 0.6 is 23.2 Å². The Kier molecular flexibility index (Phi) is 6.89. The molecule has 0 heterocycles. The van der Waals surface area contributed by atoms with Gasteiger partial charge < -0.3 is 5.32 Å². The number of rotatable bonds is 7. The van der Waals surface area contributed by atoms with Gasteiger partial charge >= 0.3 is 0 Å². The Morgan fingerprint density at radius 3 is 2.66 bits per heavy atom. The number of fused-ring (bicyclic) bond motifs is 1. The summed E-state index contributed by atoms with van der Waals surface area (Å²) < 4.78 is 27.9. The summed E-state index contributed by atoms with van der Waals surface area (Å²) in [5.74, 6) is -0.0351. The van der Waals surface area contributed by atoms with E-state index in [-0.39, 0.29) is 39.0 Å². The lowest BCUT2D eigenvalue weighted by Gasteiger charge is -2.16. The zero-order valence-electron chi connectivity index (χ0n) is 16.3. The van der Waals surface area contributed by atoms with E-state index in [1.807, 2.05) is 38.1 Å². The second kappa shape index (κ2) is 9.04. The third-order valence-corrected chi connectivity index (χ3v) is 7.40. The maximum absolute atomic E-state index is 12.8. The van der Waals surface area contributed by atoms with Crippen LogP contribution in [0.3, 0.4) is 0 Å². The Morgan fingerprint density at radius 1 is 1.21 bits per heavy atom. The van der Waals surface area contributed by atoms with Gasteiger partial charge in [-0.3, -0.25) is 4.79 Å². The second-order valence-electron chi connectivity index (χ2n) is 7.61. The highest BCUT2D eigenvalue weighted by Gasteiger charge is 2.26. The van der Waals surface area contributed by atoms with Crippen molar-refractivity contribution < 1.29 is 13.2 Å². The highest BCUT2D eigenvalue weighted by Crippen LogP contribution is 2.33. The van der Waals surface area contributed by atoms with Gasteiger partial charge in [0.15, 0.2) is 0 Å². The van der Waals surface area contributed by atoms with Crippen LogP contribution in [0, 0.1) is 5.92 Å². The van der Waals surface area contributed by atoms with E-state index in [1.54, 1.807) is 0 Å². The molecule has 1 aliphatic rings. The van der Waals surface area contributed by atoms with Gasteiger partial charge in [-0.2, -0.15) is 0 Å². The molecule has 0 aliphatic heterocycles. The van der Waals surface area contributed by atoms with Gasteiger partial charge in [0, 0.05) is 12.1 Å². The predicted octanol–water partition coefficient (Wildman–Crippen LogP) is 4.74. The van der Waals surface area contributed by atoms with Crippen LogP contribution in [0.1, 0.15) is 54.2 Å². The monoisotopic (exact) mass is 454 g/mol. The number of nitrogens with one attached hydrogen (secondary N) is 2. The molecule has 0 saturated carbocycles. The Balaban J connectivity index is 1.83. The van der Waals surface area contributed by atoms with E-state index in [4.69, 9.17) is 23.2 Å². The van der Waals surface area contributed by atoms with Crippen LogP contribution in [0.2, 0.25) is 10.0 Å². The first kappa shape index (κ1) is 22.1. The summed E-state index contributed by atoms with van der Waals surface area (Å²) in [6.07, 6.45) is 2.38. The Labute approximate surface area is 181 Å². The van der Waals surface area contributed by atoms with Gasteiger partial charge in [0.1, 0.15) is 4.90 Å². The number of aryl methyl sites for hydroxylation is 1. The highest BCUT2D eigenvalue weighted by molar-refractivity contribution is 7.89. The number of carbonyl (C=O) groups is 1. The van der Waals surface area contributed by atoms with Crippen molar-refractivity contribution >= 4 is 39.1 Å². The van der Waals surface area contributed by atoms with E-state index in [9.17, 15) is 13.2 Å². The van der Waals surface area contributed by atoms with Gasteiger partial charge in [-0.05, 0) is 48.4 Å². The van der Waals surface area contributed by atoms with Crippen molar-refractivity contribution in [2.24, 2.45) is 5.92 Å². The number of benzene rings is 2. The maximum Gasteiger partial charge on any atom is 0.251 e. The molecule has 5 nitrogen and oxygen atoms in total. The Hall–Kier alpha value is -1.60. The summed E-state index contributed by atoms with van der Waals surface area (Å²) in [6, 6.07) is 10.5. The van der Waals surface area contributed by atoms with Gasteiger partial charge in [-0.25, -0.2) is 13.1 Å².